The summed E-state index contributed by atoms with van der Waals surface area (Å²) in [6.45, 7) is 0. The molecule has 6 heteroatoms. The second kappa shape index (κ2) is 4.80. The molecule has 0 unspecified atom stereocenters. The predicted molar refractivity (Wildman–Crippen MR) is 62.4 cm³/mol. The lowest BCUT2D eigenvalue weighted by Crippen LogP contribution is -1.90. The lowest BCUT2D eigenvalue weighted by Gasteiger charge is -2.04. The molecule has 0 aliphatic carbocycles. The predicted octanol–water partition coefficient (Wildman–Crippen LogP) is 3.44. The second-order valence-electron chi connectivity index (χ2n) is 3.16. The Kier molecular flexibility index (Phi) is 3.20. The number of hydrogen-bond acceptors (Lipinski definition) is 4. The number of non-ortho nitro benzene ring substituents is 1. The molecule has 0 atom stereocenters. The molecule has 86 valence electrons. The van der Waals surface area contributed by atoms with Crippen LogP contribution in [-0.4, -0.2) is 9.91 Å². The van der Waals surface area contributed by atoms with E-state index < -0.39 is 4.92 Å². The van der Waals surface area contributed by atoms with Crippen molar-refractivity contribution < 1.29 is 9.66 Å². The van der Waals surface area contributed by atoms with Gasteiger partial charge in [-0.25, -0.2) is 4.98 Å². The molecule has 0 spiro atoms. The van der Waals surface area contributed by atoms with Crippen LogP contribution in [0.1, 0.15) is 0 Å². The maximum atomic E-state index is 10.6. The van der Waals surface area contributed by atoms with Crippen LogP contribution in [0.3, 0.4) is 0 Å². The van der Waals surface area contributed by atoms with Crippen molar-refractivity contribution in [3.63, 3.8) is 0 Å². The molecule has 0 aliphatic heterocycles. The molecule has 1 heterocycles. The number of hydrogen-bond donors (Lipinski definition) is 0. The van der Waals surface area contributed by atoms with Crippen molar-refractivity contribution in [2.24, 2.45) is 0 Å². The highest BCUT2D eigenvalue weighted by Crippen LogP contribution is 2.24. The van der Waals surface area contributed by atoms with Crippen LogP contribution in [-0.2, 0) is 0 Å². The summed E-state index contributed by atoms with van der Waals surface area (Å²) in [5.41, 5.74) is -0.0375. The number of halogens is 1. The third kappa shape index (κ3) is 2.92. The van der Waals surface area contributed by atoms with Gasteiger partial charge in [0.15, 0.2) is 0 Å². The normalized spacial score (nSPS) is 9.94. The molecule has 0 saturated heterocycles. The largest absolute Gasteiger partial charge is 0.439 e. The van der Waals surface area contributed by atoms with Gasteiger partial charge in [-0.2, -0.15) is 0 Å². The quantitative estimate of drug-likeness (QED) is 0.475. The van der Waals surface area contributed by atoms with Crippen LogP contribution in [0.2, 0.25) is 5.15 Å². The molecular weight excluding hydrogens is 244 g/mol. The number of nitro groups is 1. The Balaban J connectivity index is 2.24. The van der Waals surface area contributed by atoms with E-state index in [1.807, 2.05) is 0 Å². The van der Waals surface area contributed by atoms with Crippen LogP contribution in [0, 0.1) is 10.1 Å². The van der Waals surface area contributed by atoms with Crippen molar-refractivity contribution in [1.82, 2.24) is 4.98 Å². The third-order valence-electron chi connectivity index (χ3n) is 1.94. The van der Waals surface area contributed by atoms with Crippen molar-refractivity contribution in [3.8, 4) is 11.6 Å². The number of nitrogens with zero attached hydrogens (tertiary/aromatic N) is 2. The summed E-state index contributed by atoms with van der Waals surface area (Å²) in [6.07, 6.45) is 0. The maximum absolute atomic E-state index is 10.6. The summed E-state index contributed by atoms with van der Waals surface area (Å²) in [6, 6.07) is 10.8. The van der Waals surface area contributed by atoms with E-state index in [0.29, 0.717) is 10.9 Å². The van der Waals surface area contributed by atoms with Crippen molar-refractivity contribution in [2.45, 2.75) is 0 Å². The first-order chi connectivity index (χ1) is 8.15. The molecule has 0 radical (unpaired) electrons. The van der Waals surface area contributed by atoms with Crippen LogP contribution >= 0.6 is 11.6 Å². The summed E-state index contributed by atoms with van der Waals surface area (Å²) in [7, 11) is 0. The van der Waals surface area contributed by atoms with E-state index in [1.165, 1.54) is 18.2 Å². The molecule has 2 aromatic rings. The van der Waals surface area contributed by atoms with Gasteiger partial charge < -0.3 is 4.74 Å². The average molecular weight is 251 g/mol. The molecule has 0 bridgehead atoms. The van der Waals surface area contributed by atoms with E-state index in [4.69, 9.17) is 16.3 Å². The zero-order chi connectivity index (χ0) is 12.3. The molecule has 1 aromatic heterocycles. The van der Waals surface area contributed by atoms with Crippen LogP contribution in [0.15, 0.2) is 42.5 Å². The van der Waals surface area contributed by atoms with E-state index in [-0.39, 0.29) is 11.6 Å². The lowest BCUT2D eigenvalue weighted by atomic mass is 10.3. The SMILES string of the molecule is O=[N+]([O-])c1cccc(Oc2cccc(Cl)n2)c1. The summed E-state index contributed by atoms with van der Waals surface area (Å²) in [5, 5.41) is 10.9. The van der Waals surface area contributed by atoms with Crippen LogP contribution < -0.4 is 4.74 Å². The Morgan fingerprint density at radius 2 is 2.00 bits per heavy atom. The van der Waals surface area contributed by atoms with Gasteiger partial charge in [0.2, 0.25) is 5.88 Å². The minimum atomic E-state index is -0.488. The molecule has 0 fully saturated rings. The average Bonchev–Trinajstić information content (AvgIpc) is 2.29. The topological polar surface area (TPSA) is 65.3 Å². The van der Waals surface area contributed by atoms with E-state index >= 15 is 0 Å². The van der Waals surface area contributed by atoms with E-state index in [0.717, 1.165) is 0 Å². The van der Waals surface area contributed by atoms with Gasteiger partial charge >= 0.3 is 0 Å². The maximum Gasteiger partial charge on any atom is 0.273 e. The van der Waals surface area contributed by atoms with Gasteiger partial charge in [-0.1, -0.05) is 23.7 Å². The fourth-order valence-electron chi connectivity index (χ4n) is 1.23. The van der Waals surface area contributed by atoms with Crippen LogP contribution in [0.25, 0.3) is 0 Å². The number of ether oxygens (including phenoxy) is 1. The highest BCUT2D eigenvalue weighted by molar-refractivity contribution is 6.29. The zero-order valence-corrected chi connectivity index (χ0v) is 9.29. The number of pyridine rings is 1. The molecule has 1 aromatic carbocycles. The fourth-order valence-corrected chi connectivity index (χ4v) is 1.38. The summed E-state index contributed by atoms with van der Waals surface area (Å²) >= 11 is 5.69. The molecule has 17 heavy (non-hydrogen) atoms. The van der Waals surface area contributed by atoms with E-state index in [2.05, 4.69) is 4.98 Å². The summed E-state index contributed by atoms with van der Waals surface area (Å²) in [4.78, 5) is 14.0. The van der Waals surface area contributed by atoms with E-state index in [9.17, 15) is 10.1 Å². The summed E-state index contributed by atoms with van der Waals surface area (Å²) < 4.78 is 5.35. The number of rotatable bonds is 3. The number of benzene rings is 1. The standard InChI is InChI=1S/C11H7ClN2O3/c12-10-5-2-6-11(13-10)17-9-4-1-3-8(7-9)14(15)16/h1-7H. The first-order valence-corrected chi connectivity index (χ1v) is 5.08. The highest BCUT2D eigenvalue weighted by Gasteiger charge is 2.07. The monoisotopic (exact) mass is 250 g/mol. The van der Waals surface area contributed by atoms with Gasteiger partial charge in [0.1, 0.15) is 10.9 Å². The minimum Gasteiger partial charge on any atom is -0.439 e. The van der Waals surface area contributed by atoms with Gasteiger partial charge in [-0.15, -0.1) is 0 Å². The molecule has 0 N–H and O–H groups in total. The second-order valence-corrected chi connectivity index (χ2v) is 3.54. The first-order valence-electron chi connectivity index (χ1n) is 4.70. The van der Waals surface area contributed by atoms with Crippen molar-refractivity contribution in [1.29, 1.82) is 0 Å². The summed E-state index contributed by atoms with van der Waals surface area (Å²) in [5.74, 6) is 0.631. The Morgan fingerprint density at radius 3 is 2.71 bits per heavy atom. The zero-order valence-electron chi connectivity index (χ0n) is 8.54. The van der Waals surface area contributed by atoms with Gasteiger partial charge in [0, 0.05) is 12.1 Å². The van der Waals surface area contributed by atoms with E-state index in [1.54, 1.807) is 24.3 Å². The van der Waals surface area contributed by atoms with Gasteiger partial charge in [-0.3, -0.25) is 10.1 Å². The highest BCUT2D eigenvalue weighted by atomic mass is 35.5. The molecule has 0 aliphatic rings. The Labute approximate surface area is 102 Å². The Morgan fingerprint density at radius 1 is 1.24 bits per heavy atom. The van der Waals surface area contributed by atoms with Gasteiger partial charge in [-0.05, 0) is 12.1 Å². The van der Waals surface area contributed by atoms with Crippen molar-refractivity contribution >= 4 is 17.3 Å². The fraction of sp³-hybridized carbons (Fsp3) is 0. The number of aromatic nitrogens is 1. The molecule has 0 amide bonds. The van der Waals surface area contributed by atoms with Gasteiger partial charge in [0.25, 0.3) is 5.69 Å². The molecule has 5 nitrogen and oxygen atoms in total. The molecule has 0 saturated carbocycles. The smallest absolute Gasteiger partial charge is 0.273 e. The first kappa shape index (κ1) is 11.3. The van der Waals surface area contributed by atoms with Crippen molar-refractivity contribution in [2.75, 3.05) is 0 Å². The van der Waals surface area contributed by atoms with Crippen LogP contribution in [0.4, 0.5) is 5.69 Å². The minimum absolute atomic E-state index is 0.0375. The van der Waals surface area contributed by atoms with Gasteiger partial charge in [0.05, 0.1) is 11.0 Å². The molecular formula is C11H7ClN2O3. The van der Waals surface area contributed by atoms with Crippen LogP contribution in [0.5, 0.6) is 11.6 Å². The lowest BCUT2D eigenvalue weighted by molar-refractivity contribution is -0.384. The third-order valence-corrected chi connectivity index (χ3v) is 2.15. The Bertz CT molecular complexity index is 560. The van der Waals surface area contributed by atoms with Crippen molar-refractivity contribution in [3.05, 3.63) is 57.7 Å². The number of nitro benzene ring substituents is 1. The Hall–Kier alpha value is -2.14. The molecule has 2 rings (SSSR count).